The molecule has 0 aliphatic carbocycles. The van der Waals surface area contributed by atoms with E-state index in [9.17, 15) is 13.6 Å². The van der Waals surface area contributed by atoms with Crippen molar-refractivity contribution in [3.63, 3.8) is 0 Å². The highest BCUT2D eigenvalue weighted by atomic mass is 19.1. The van der Waals surface area contributed by atoms with Gasteiger partial charge in [0.05, 0.1) is 0 Å². The molecule has 0 saturated carbocycles. The second-order valence-corrected chi connectivity index (χ2v) is 3.28. The first-order chi connectivity index (χ1) is 7.02. The highest BCUT2D eigenvalue weighted by molar-refractivity contribution is 5.92. The Bertz CT molecular complexity index is 348. The second kappa shape index (κ2) is 4.84. The Balaban J connectivity index is 2.76. The molecule has 1 aromatic rings. The molecule has 0 saturated heterocycles. The zero-order valence-electron chi connectivity index (χ0n) is 8.26. The number of carbonyl (C=O) groups excluding carboxylic acids is 1. The minimum Gasteiger partial charge on any atom is -0.330 e. The average Bonchev–Trinajstić information content (AvgIpc) is 2.14. The van der Waals surface area contributed by atoms with Crippen LogP contribution >= 0.6 is 0 Å². The largest absolute Gasteiger partial charge is 0.330 e. The Kier molecular flexibility index (Phi) is 3.74. The van der Waals surface area contributed by atoms with Gasteiger partial charge in [-0.1, -0.05) is 6.92 Å². The summed E-state index contributed by atoms with van der Waals surface area (Å²) in [6, 6.07) is 2.83. The first kappa shape index (κ1) is 11.6. The van der Waals surface area contributed by atoms with Gasteiger partial charge in [-0.25, -0.2) is 8.78 Å². The van der Waals surface area contributed by atoms with E-state index < -0.39 is 17.6 Å². The minimum absolute atomic E-state index is 0.0952. The maximum absolute atomic E-state index is 12.7. The molecule has 3 N–H and O–H groups in total. The van der Waals surface area contributed by atoms with Crippen LogP contribution in [0.4, 0.5) is 14.5 Å². The third-order valence-electron chi connectivity index (χ3n) is 1.93. The monoisotopic (exact) mass is 214 g/mol. The fourth-order valence-electron chi connectivity index (χ4n) is 0.998. The number of hydrogen-bond acceptors (Lipinski definition) is 2. The third-order valence-corrected chi connectivity index (χ3v) is 1.93. The topological polar surface area (TPSA) is 55.1 Å². The Labute approximate surface area is 86.3 Å². The van der Waals surface area contributed by atoms with Gasteiger partial charge in [-0.2, -0.15) is 0 Å². The third kappa shape index (κ3) is 3.28. The van der Waals surface area contributed by atoms with Crippen molar-refractivity contribution < 1.29 is 13.6 Å². The molecular weight excluding hydrogens is 202 g/mol. The van der Waals surface area contributed by atoms with Gasteiger partial charge in [0, 0.05) is 24.2 Å². The maximum Gasteiger partial charge on any atom is 0.228 e. The number of nitrogens with one attached hydrogen (secondary N) is 1. The summed E-state index contributed by atoms with van der Waals surface area (Å²) >= 11 is 0. The Morgan fingerprint density at radius 3 is 2.40 bits per heavy atom. The van der Waals surface area contributed by atoms with Gasteiger partial charge >= 0.3 is 0 Å². The van der Waals surface area contributed by atoms with E-state index in [-0.39, 0.29) is 18.1 Å². The number of rotatable bonds is 3. The van der Waals surface area contributed by atoms with Crippen LogP contribution in [0.15, 0.2) is 18.2 Å². The summed E-state index contributed by atoms with van der Waals surface area (Å²) in [5, 5.41) is 2.38. The van der Waals surface area contributed by atoms with Gasteiger partial charge in [-0.3, -0.25) is 4.79 Å². The highest BCUT2D eigenvalue weighted by Crippen LogP contribution is 2.13. The zero-order valence-corrected chi connectivity index (χ0v) is 8.26. The lowest BCUT2D eigenvalue weighted by atomic mass is 10.1. The number of hydrogen-bond donors (Lipinski definition) is 2. The summed E-state index contributed by atoms with van der Waals surface area (Å²) in [5.74, 6) is -2.21. The van der Waals surface area contributed by atoms with Crippen LogP contribution in [-0.2, 0) is 4.79 Å². The van der Waals surface area contributed by atoms with Gasteiger partial charge in [-0.15, -0.1) is 0 Å². The van der Waals surface area contributed by atoms with Crippen molar-refractivity contribution in [3.05, 3.63) is 29.8 Å². The molecule has 0 aliphatic heterocycles. The Hall–Kier alpha value is -1.49. The number of nitrogens with two attached hydrogens (primary N) is 1. The van der Waals surface area contributed by atoms with Crippen LogP contribution in [-0.4, -0.2) is 12.5 Å². The van der Waals surface area contributed by atoms with Crippen LogP contribution < -0.4 is 11.1 Å². The first-order valence-electron chi connectivity index (χ1n) is 4.50. The smallest absolute Gasteiger partial charge is 0.228 e. The molecule has 15 heavy (non-hydrogen) atoms. The van der Waals surface area contributed by atoms with Crippen molar-refractivity contribution in [3.8, 4) is 0 Å². The molecule has 5 heteroatoms. The van der Waals surface area contributed by atoms with Crippen molar-refractivity contribution in [2.24, 2.45) is 11.7 Å². The normalized spacial score (nSPS) is 12.3. The van der Waals surface area contributed by atoms with Crippen LogP contribution in [0, 0.1) is 17.6 Å². The molecule has 1 atom stereocenters. The molecule has 0 spiro atoms. The molecule has 82 valence electrons. The van der Waals surface area contributed by atoms with Crippen LogP contribution in [0.25, 0.3) is 0 Å². The Morgan fingerprint density at radius 2 is 1.93 bits per heavy atom. The summed E-state index contributed by atoms with van der Waals surface area (Å²) in [6.07, 6.45) is 0. The van der Waals surface area contributed by atoms with Crippen molar-refractivity contribution in [1.29, 1.82) is 0 Å². The van der Waals surface area contributed by atoms with Gasteiger partial charge in [0.15, 0.2) is 0 Å². The first-order valence-corrected chi connectivity index (χ1v) is 4.50. The minimum atomic E-state index is -0.731. The molecule has 1 amide bonds. The van der Waals surface area contributed by atoms with Crippen LogP contribution in [0.5, 0.6) is 0 Å². The quantitative estimate of drug-likeness (QED) is 0.801. The van der Waals surface area contributed by atoms with E-state index >= 15 is 0 Å². The van der Waals surface area contributed by atoms with Crippen molar-refractivity contribution in [2.45, 2.75) is 6.92 Å². The van der Waals surface area contributed by atoms with E-state index in [0.29, 0.717) is 0 Å². The van der Waals surface area contributed by atoms with Crippen LogP contribution in [0.3, 0.4) is 0 Å². The molecule has 1 aromatic carbocycles. The second-order valence-electron chi connectivity index (χ2n) is 3.28. The number of carbonyl (C=O) groups is 1. The van der Waals surface area contributed by atoms with Crippen LogP contribution in [0.2, 0.25) is 0 Å². The fraction of sp³-hybridized carbons (Fsp3) is 0.300. The number of halogens is 2. The summed E-state index contributed by atoms with van der Waals surface area (Å²) < 4.78 is 25.5. The van der Waals surface area contributed by atoms with Gasteiger partial charge in [-0.05, 0) is 12.1 Å². The number of anilines is 1. The molecule has 3 nitrogen and oxygen atoms in total. The molecule has 1 rings (SSSR count). The predicted octanol–water partition coefficient (Wildman–Crippen LogP) is 1.50. The van der Waals surface area contributed by atoms with E-state index in [2.05, 4.69) is 5.32 Å². The van der Waals surface area contributed by atoms with E-state index in [1.165, 1.54) is 0 Å². The van der Waals surface area contributed by atoms with Gasteiger partial charge in [0.2, 0.25) is 5.91 Å². The Morgan fingerprint density at radius 1 is 1.40 bits per heavy atom. The molecule has 0 heterocycles. The lowest BCUT2D eigenvalue weighted by Gasteiger charge is -2.09. The SMILES string of the molecule is CC(CN)C(=O)Nc1cc(F)cc(F)c1. The molecule has 0 aromatic heterocycles. The molecule has 1 unspecified atom stereocenters. The standard InChI is InChI=1S/C10H12F2N2O/c1-6(5-13)10(15)14-9-3-7(11)2-8(12)4-9/h2-4,6H,5,13H2,1H3,(H,14,15). The van der Waals surface area contributed by atoms with Gasteiger partial charge in [0.25, 0.3) is 0 Å². The molecule has 0 radical (unpaired) electrons. The lowest BCUT2D eigenvalue weighted by Crippen LogP contribution is -2.26. The van der Waals surface area contributed by atoms with Crippen molar-refractivity contribution >= 4 is 11.6 Å². The van der Waals surface area contributed by atoms with Gasteiger partial charge < -0.3 is 11.1 Å². The van der Waals surface area contributed by atoms with E-state index in [1.807, 2.05) is 0 Å². The molecule has 0 fully saturated rings. The van der Waals surface area contributed by atoms with E-state index in [1.54, 1.807) is 6.92 Å². The molecular formula is C10H12F2N2O. The maximum atomic E-state index is 12.7. The average molecular weight is 214 g/mol. The zero-order chi connectivity index (χ0) is 11.4. The summed E-state index contributed by atoms with van der Waals surface area (Å²) in [6.45, 7) is 1.81. The molecule has 0 aliphatic rings. The number of amides is 1. The summed E-state index contributed by atoms with van der Waals surface area (Å²) in [5.41, 5.74) is 5.37. The van der Waals surface area contributed by atoms with Crippen molar-refractivity contribution in [1.82, 2.24) is 0 Å². The van der Waals surface area contributed by atoms with Gasteiger partial charge in [0.1, 0.15) is 11.6 Å². The van der Waals surface area contributed by atoms with Crippen LogP contribution in [0.1, 0.15) is 6.92 Å². The van der Waals surface area contributed by atoms with Crippen molar-refractivity contribution in [2.75, 3.05) is 11.9 Å². The van der Waals surface area contributed by atoms with E-state index in [0.717, 1.165) is 18.2 Å². The number of benzene rings is 1. The molecule has 0 bridgehead atoms. The fourth-order valence-corrected chi connectivity index (χ4v) is 0.998. The van der Waals surface area contributed by atoms with E-state index in [4.69, 9.17) is 5.73 Å². The summed E-state index contributed by atoms with van der Waals surface area (Å²) in [7, 11) is 0. The highest BCUT2D eigenvalue weighted by Gasteiger charge is 2.11. The lowest BCUT2D eigenvalue weighted by molar-refractivity contribution is -0.119. The summed E-state index contributed by atoms with van der Waals surface area (Å²) in [4.78, 5) is 11.3. The predicted molar refractivity (Wildman–Crippen MR) is 53.2 cm³/mol.